The van der Waals surface area contributed by atoms with Gasteiger partial charge in [0.05, 0.1) is 11.4 Å². The van der Waals surface area contributed by atoms with Crippen LogP contribution >= 0.6 is 0 Å². The predicted octanol–water partition coefficient (Wildman–Crippen LogP) is 2.16. The highest BCUT2D eigenvalue weighted by Gasteiger charge is 2.37. The maximum Gasteiger partial charge on any atom is 0.254 e. The minimum absolute atomic E-state index is 0.0132. The van der Waals surface area contributed by atoms with Crippen LogP contribution in [0, 0.1) is 0 Å². The van der Waals surface area contributed by atoms with Crippen molar-refractivity contribution >= 4 is 27.5 Å². The Labute approximate surface area is 142 Å². The first-order valence-electron chi connectivity index (χ1n) is 8.30. The van der Waals surface area contributed by atoms with Gasteiger partial charge in [0.15, 0.2) is 0 Å². The number of hydrogen-bond acceptors (Lipinski definition) is 4. The number of piperidine rings is 1. The minimum Gasteiger partial charge on any atom is -0.333 e. The van der Waals surface area contributed by atoms with Crippen molar-refractivity contribution in [3.63, 3.8) is 0 Å². The molecule has 2 aliphatic heterocycles. The zero-order valence-corrected chi connectivity index (χ0v) is 14.8. The molecular weight excluding hydrogens is 328 g/mol. The molecular formula is C17H22N2O4S. The van der Waals surface area contributed by atoms with Crippen molar-refractivity contribution < 1.29 is 18.0 Å². The Morgan fingerprint density at radius 1 is 1.17 bits per heavy atom. The van der Waals surface area contributed by atoms with Crippen LogP contribution in [-0.2, 0) is 14.8 Å². The normalized spacial score (nSPS) is 26.7. The molecule has 6 nitrogen and oxygen atoms in total. The molecule has 2 amide bonds. The van der Waals surface area contributed by atoms with E-state index < -0.39 is 15.9 Å². The average molecular weight is 350 g/mol. The smallest absolute Gasteiger partial charge is 0.254 e. The van der Waals surface area contributed by atoms with Gasteiger partial charge in [-0.05, 0) is 51.3 Å². The number of carbonyl (C=O) groups excluding carboxylic acids is 2. The summed E-state index contributed by atoms with van der Waals surface area (Å²) in [6, 6.07) is 6.68. The Kier molecular flexibility index (Phi) is 4.38. The molecule has 2 saturated heterocycles. The second-order valence-electron chi connectivity index (χ2n) is 6.62. The zero-order valence-electron chi connectivity index (χ0n) is 13.9. The van der Waals surface area contributed by atoms with Gasteiger partial charge in [-0.1, -0.05) is 6.07 Å². The van der Waals surface area contributed by atoms with Crippen LogP contribution in [0.3, 0.4) is 0 Å². The third-order valence-corrected chi connectivity index (χ3v) is 6.53. The summed E-state index contributed by atoms with van der Waals surface area (Å²) in [6.45, 7) is 4.07. The van der Waals surface area contributed by atoms with E-state index in [9.17, 15) is 18.0 Å². The second kappa shape index (κ2) is 6.20. The highest BCUT2D eigenvalue weighted by Crippen LogP contribution is 2.28. The maximum absolute atomic E-state index is 12.9. The van der Waals surface area contributed by atoms with Crippen molar-refractivity contribution in [2.24, 2.45) is 0 Å². The number of anilines is 1. The van der Waals surface area contributed by atoms with Crippen molar-refractivity contribution in [3.8, 4) is 0 Å². The molecule has 2 aliphatic rings. The molecule has 2 fully saturated rings. The van der Waals surface area contributed by atoms with Gasteiger partial charge in [0.2, 0.25) is 15.9 Å². The molecule has 0 aromatic heterocycles. The Balaban J connectivity index is 1.93. The molecule has 0 aliphatic carbocycles. The number of nitrogens with zero attached hydrogens (tertiary/aromatic N) is 2. The third-order valence-electron chi connectivity index (χ3n) is 4.83. The molecule has 1 aromatic carbocycles. The fraction of sp³-hybridized carbons (Fsp3) is 0.529. The van der Waals surface area contributed by atoms with Crippen LogP contribution in [0.4, 0.5) is 5.69 Å². The van der Waals surface area contributed by atoms with Gasteiger partial charge >= 0.3 is 0 Å². The Bertz CT molecular complexity index is 765. The van der Waals surface area contributed by atoms with Gasteiger partial charge in [0.25, 0.3) is 5.91 Å². The lowest BCUT2D eigenvalue weighted by molar-refractivity contribution is -0.116. The van der Waals surface area contributed by atoms with Crippen molar-refractivity contribution in [2.75, 3.05) is 10.1 Å². The summed E-state index contributed by atoms with van der Waals surface area (Å²) in [5.74, 6) is -0.732. The summed E-state index contributed by atoms with van der Waals surface area (Å²) >= 11 is 0. The molecule has 130 valence electrons. The van der Waals surface area contributed by atoms with E-state index in [4.69, 9.17) is 0 Å². The van der Waals surface area contributed by atoms with Crippen LogP contribution in [-0.4, -0.2) is 43.0 Å². The molecule has 3 rings (SSSR count). The minimum atomic E-state index is -3.62. The quantitative estimate of drug-likeness (QED) is 0.819. The largest absolute Gasteiger partial charge is 0.333 e. The number of likely N-dealkylation sites (tertiary alicyclic amines) is 1. The molecule has 2 atom stereocenters. The highest BCUT2D eigenvalue weighted by molar-refractivity contribution is 7.94. The van der Waals surface area contributed by atoms with Gasteiger partial charge in [0, 0.05) is 24.1 Å². The van der Waals surface area contributed by atoms with Crippen molar-refractivity contribution in [3.05, 3.63) is 29.8 Å². The van der Waals surface area contributed by atoms with E-state index in [-0.39, 0.29) is 35.9 Å². The first-order valence-corrected chi connectivity index (χ1v) is 9.91. The molecule has 2 heterocycles. The van der Waals surface area contributed by atoms with Crippen molar-refractivity contribution in [1.82, 2.24) is 4.90 Å². The number of benzene rings is 1. The van der Waals surface area contributed by atoms with E-state index in [0.717, 1.165) is 23.6 Å². The summed E-state index contributed by atoms with van der Waals surface area (Å²) < 4.78 is 25.0. The first kappa shape index (κ1) is 17.0. The molecule has 7 heteroatoms. The van der Waals surface area contributed by atoms with E-state index in [2.05, 4.69) is 0 Å². The van der Waals surface area contributed by atoms with Crippen LogP contribution in [0.15, 0.2) is 24.3 Å². The number of carbonyl (C=O) groups is 2. The second-order valence-corrected chi connectivity index (χ2v) is 8.55. The zero-order chi connectivity index (χ0) is 17.5. The SMILES string of the molecule is C[C@@H]1CCC[C@H](C)N1C(=O)c1cccc(N2C(=O)CCS2(=O)=O)c1. The number of rotatable bonds is 2. The number of sulfonamides is 1. The van der Waals surface area contributed by atoms with Gasteiger partial charge in [-0.15, -0.1) is 0 Å². The average Bonchev–Trinajstić information content (AvgIpc) is 2.80. The van der Waals surface area contributed by atoms with Crippen LogP contribution in [0.5, 0.6) is 0 Å². The van der Waals surface area contributed by atoms with E-state index in [1.807, 2.05) is 18.7 Å². The molecule has 24 heavy (non-hydrogen) atoms. The number of hydrogen-bond donors (Lipinski definition) is 0. The van der Waals surface area contributed by atoms with Gasteiger partial charge < -0.3 is 4.90 Å². The van der Waals surface area contributed by atoms with Crippen LogP contribution < -0.4 is 4.31 Å². The fourth-order valence-electron chi connectivity index (χ4n) is 3.60. The lowest BCUT2D eigenvalue weighted by atomic mass is 9.96. The molecule has 0 saturated carbocycles. The molecule has 0 unspecified atom stereocenters. The topological polar surface area (TPSA) is 74.8 Å². The Hall–Kier alpha value is -1.89. The Morgan fingerprint density at radius 3 is 2.42 bits per heavy atom. The van der Waals surface area contributed by atoms with Gasteiger partial charge in [0.1, 0.15) is 0 Å². The monoisotopic (exact) mass is 350 g/mol. The van der Waals surface area contributed by atoms with Crippen molar-refractivity contribution in [2.45, 2.75) is 51.6 Å². The Morgan fingerprint density at radius 2 is 1.83 bits per heavy atom. The third kappa shape index (κ3) is 2.92. The van der Waals surface area contributed by atoms with E-state index in [0.29, 0.717) is 5.56 Å². The summed E-state index contributed by atoms with van der Waals surface area (Å²) in [6.07, 6.45) is 3.02. The van der Waals surface area contributed by atoms with E-state index in [1.54, 1.807) is 18.2 Å². The fourth-order valence-corrected chi connectivity index (χ4v) is 5.06. The van der Waals surface area contributed by atoms with Gasteiger partial charge in [-0.3, -0.25) is 9.59 Å². The van der Waals surface area contributed by atoms with E-state index >= 15 is 0 Å². The molecule has 0 N–H and O–H groups in total. The van der Waals surface area contributed by atoms with Crippen molar-refractivity contribution in [1.29, 1.82) is 0 Å². The van der Waals surface area contributed by atoms with Gasteiger partial charge in [-0.2, -0.15) is 0 Å². The highest BCUT2D eigenvalue weighted by atomic mass is 32.2. The predicted molar refractivity (Wildman–Crippen MR) is 91.3 cm³/mol. The maximum atomic E-state index is 12.9. The standard InChI is InChI=1S/C17H22N2O4S/c1-12-5-3-6-13(2)18(12)17(21)14-7-4-8-15(11-14)19-16(20)9-10-24(19,22)23/h4,7-8,11-13H,3,5-6,9-10H2,1-2H3/t12-,13+. The van der Waals surface area contributed by atoms with Gasteiger partial charge in [-0.25, -0.2) is 12.7 Å². The molecule has 1 aromatic rings. The summed E-state index contributed by atoms with van der Waals surface area (Å²) in [5, 5.41) is 0. The van der Waals surface area contributed by atoms with Crippen LogP contribution in [0.2, 0.25) is 0 Å². The van der Waals surface area contributed by atoms with Crippen LogP contribution in [0.1, 0.15) is 49.9 Å². The number of amides is 2. The molecule has 0 spiro atoms. The summed E-state index contributed by atoms with van der Waals surface area (Å²) in [5.41, 5.74) is 0.670. The molecule has 0 bridgehead atoms. The lowest BCUT2D eigenvalue weighted by Gasteiger charge is -2.39. The van der Waals surface area contributed by atoms with E-state index in [1.165, 1.54) is 6.07 Å². The lowest BCUT2D eigenvalue weighted by Crippen LogP contribution is -2.47. The summed E-state index contributed by atoms with van der Waals surface area (Å²) in [7, 11) is -3.62. The summed E-state index contributed by atoms with van der Waals surface area (Å²) in [4.78, 5) is 26.7. The first-order chi connectivity index (χ1) is 11.3. The molecule has 0 radical (unpaired) electrons. The van der Waals surface area contributed by atoms with Crippen LogP contribution in [0.25, 0.3) is 0 Å².